The Kier molecular flexibility index (Phi) is 4.48. The number of allylic oxidation sites excluding steroid dienone is 1. The molecule has 2 aromatic rings. The number of rotatable bonds is 5. The van der Waals surface area contributed by atoms with Crippen molar-refractivity contribution in [1.82, 2.24) is 9.88 Å². The monoisotopic (exact) mass is 337 g/mol. The summed E-state index contributed by atoms with van der Waals surface area (Å²) in [6, 6.07) is 8.53. The fourth-order valence-electron chi connectivity index (χ4n) is 4.81. The molecule has 0 aliphatic carbocycles. The maximum Gasteiger partial charge on any atom is 0.119 e. The maximum atomic E-state index is 6.80. The van der Waals surface area contributed by atoms with Crippen LogP contribution in [0.25, 0.3) is 10.9 Å². The minimum absolute atomic E-state index is 0.00471. The number of aromatic nitrogens is 1. The molecule has 4 heteroatoms. The van der Waals surface area contributed by atoms with E-state index >= 15 is 0 Å². The minimum Gasteiger partial charge on any atom is -0.497 e. The lowest BCUT2D eigenvalue weighted by molar-refractivity contribution is -0.00814. The Morgan fingerprint density at radius 2 is 2.32 bits per heavy atom. The number of hydrogen-bond acceptors (Lipinski definition) is 4. The van der Waals surface area contributed by atoms with E-state index in [1.807, 2.05) is 18.3 Å². The first-order chi connectivity index (χ1) is 12.2. The van der Waals surface area contributed by atoms with E-state index in [2.05, 4.69) is 34.7 Å². The number of benzene rings is 1. The van der Waals surface area contributed by atoms with Gasteiger partial charge in [-0.2, -0.15) is 0 Å². The van der Waals surface area contributed by atoms with E-state index < -0.39 is 0 Å². The van der Waals surface area contributed by atoms with Gasteiger partial charge in [0.25, 0.3) is 0 Å². The highest BCUT2D eigenvalue weighted by atomic mass is 16.5. The molecule has 4 heterocycles. The highest BCUT2D eigenvalue weighted by Gasteiger charge is 2.42. The van der Waals surface area contributed by atoms with Crippen molar-refractivity contribution in [2.45, 2.75) is 31.3 Å². The average Bonchev–Trinajstić information content (AvgIpc) is 2.67. The van der Waals surface area contributed by atoms with E-state index in [0.717, 1.165) is 41.5 Å². The van der Waals surface area contributed by atoms with Crippen molar-refractivity contribution >= 4 is 10.9 Å². The van der Waals surface area contributed by atoms with Crippen LogP contribution in [0.1, 0.15) is 30.9 Å². The molecule has 4 unspecified atom stereocenters. The third-order valence-electron chi connectivity index (χ3n) is 6.16. The average molecular weight is 337 g/mol. The Bertz CT molecular complexity index is 775. The third-order valence-corrected chi connectivity index (χ3v) is 6.16. The molecule has 3 aliphatic rings. The van der Waals surface area contributed by atoms with Crippen molar-refractivity contribution in [1.29, 1.82) is 0 Å². The summed E-state index contributed by atoms with van der Waals surface area (Å²) in [5, 5.41) is 1.11. The van der Waals surface area contributed by atoms with Gasteiger partial charge in [0.2, 0.25) is 0 Å². The van der Waals surface area contributed by atoms with E-state index in [1.165, 1.54) is 24.9 Å². The molecule has 0 radical (unpaired) electrons. The molecule has 3 saturated heterocycles. The predicted molar refractivity (Wildman–Crippen MR) is 102 cm³/mol. The SMILES string of the molecule is C=CCC1CN2CCC1CC2[C@H](N)c1ccnc2ccc(OC)cc12. The molecule has 5 atom stereocenters. The van der Waals surface area contributed by atoms with Gasteiger partial charge in [-0.15, -0.1) is 6.58 Å². The predicted octanol–water partition coefficient (Wildman–Crippen LogP) is 3.53. The van der Waals surface area contributed by atoms with Crippen LogP contribution in [0.15, 0.2) is 43.1 Å². The van der Waals surface area contributed by atoms with Gasteiger partial charge in [0.15, 0.2) is 0 Å². The Morgan fingerprint density at radius 3 is 3.04 bits per heavy atom. The Hall–Kier alpha value is -1.91. The number of nitrogens with two attached hydrogens (primary N) is 1. The molecule has 3 aliphatic heterocycles. The summed E-state index contributed by atoms with van der Waals surface area (Å²) in [6.07, 6.45) is 7.56. The van der Waals surface area contributed by atoms with Crippen molar-refractivity contribution in [2.24, 2.45) is 17.6 Å². The van der Waals surface area contributed by atoms with Crippen LogP contribution in [0.3, 0.4) is 0 Å². The minimum atomic E-state index is 0.00471. The third kappa shape index (κ3) is 2.94. The summed E-state index contributed by atoms with van der Waals surface area (Å²) in [7, 11) is 1.70. The number of methoxy groups -OCH3 is 1. The Balaban J connectivity index is 1.64. The maximum absolute atomic E-state index is 6.80. The normalized spacial score (nSPS) is 29.5. The number of pyridine rings is 1. The molecular weight excluding hydrogens is 310 g/mol. The first kappa shape index (κ1) is 16.6. The van der Waals surface area contributed by atoms with E-state index in [1.54, 1.807) is 7.11 Å². The number of ether oxygens (including phenoxy) is 1. The molecule has 25 heavy (non-hydrogen) atoms. The summed E-state index contributed by atoms with van der Waals surface area (Å²) in [6.45, 7) is 6.25. The molecule has 0 saturated carbocycles. The van der Waals surface area contributed by atoms with Crippen LogP contribution in [0.4, 0.5) is 0 Å². The van der Waals surface area contributed by atoms with Crippen molar-refractivity contribution < 1.29 is 4.74 Å². The molecule has 1 aromatic carbocycles. The van der Waals surface area contributed by atoms with E-state index in [4.69, 9.17) is 10.5 Å². The first-order valence-electron chi connectivity index (χ1n) is 9.24. The molecule has 5 rings (SSSR count). The van der Waals surface area contributed by atoms with Gasteiger partial charge < -0.3 is 10.5 Å². The van der Waals surface area contributed by atoms with E-state index in [-0.39, 0.29) is 6.04 Å². The summed E-state index contributed by atoms with van der Waals surface area (Å²) in [4.78, 5) is 7.10. The standard InChI is InChI=1S/C21H27N3O/c1-3-4-15-13-24-10-8-14(15)11-20(24)21(22)17-7-9-23-19-6-5-16(25-2)12-18(17)19/h3,5-7,9,12,14-15,20-21H,1,4,8,10-11,13,22H2,2H3/t14?,15?,20?,21-/m1/s1. The zero-order valence-corrected chi connectivity index (χ0v) is 14.9. The van der Waals surface area contributed by atoms with Gasteiger partial charge in [-0.3, -0.25) is 9.88 Å². The lowest BCUT2D eigenvalue weighted by Crippen LogP contribution is -2.56. The van der Waals surface area contributed by atoms with Crippen LogP contribution in [0, 0.1) is 11.8 Å². The topological polar surface area (TPSA) is 51.4 Å². The quantitative estimate of drug-likeness (QED) is 0.848. The fourth-order valence-corrected chi connectivity index (χ4v) is 4.81. The number of nitrogens with zero attached hydrogens (tertiary/aromatic N) is 2. The molecule has 0 amide bonds. The lowest BCUT2D eigenvalue weighted by atomic mass is 9.72. The number of fused-ring (bicyclic) bond motifs is 4. The van der Waals surface area contributed by atoms with Crippen LogP contribution >= 0.6 is 0 Å². The molecular formula is C21H27N3O. The van der Waals surface area contributed by atoms with Crippen molar-refractivity contribution in [3.8, 4) is 5.75 Å². The fraction of sp³-hybridized carbons (Fsp3) is 0.476. The molecule has 0 spiro atoms. The summed E-state index contributed by atoms with van der Waals surface area (Å²) in [5.74, 6) is 2.39. The second kappa shape index (κ2) is 6.77. The Labute approximate surface area is 149 Å². The van der Waals surface area contributed by atoms with Gasteiger partial charge in [-0.05, 0) is 67.5 Å². The molecule has 132 valence electrons. The van der Waals surface area contributed by atoms with Gasteiger partial charge in [-0.25, -0.2) is 0 Å². The van der Waals surface area contributed by atoms with Crippen molar-refractivity contribution in [2.75, 3.05) is 20.2 Å². The number of piperidine rings is 3. The zero-order valence-electron chi connectivity index (χ0n) is 14.9. The molecule has 3 fully saturated rings. The lowest BCUT2D eigenvalue weighted by Gasteiger charge is -2.51. The second-order valence-electron chi connectivity index (χ2n) is 7.44. The second-order valence-corrected chi connectivity index (χ2v) is 7.44. The highest BCUT2D eigenvalue weighted by molar-refractivity contribution is 5.84. The van der Waals surface area contributed by atoms with E-state index in [9.17, 15) is 0 Å². The Morgan fingerprint density at radius 1 is 1.44 bits per heavy atom. The molecule has 1 aromatic heterocycles. The number of hydrogen-bond donors (Lipinski definition) is 1. The summed E-state index contributed by atoms with van der Waals surface area (Å²) in [5.41, 5.74) is 8.97. The van der Waals surface area contributed by atoms with Crippen LogP contribution in [0.2, 0.25) is 0 Å². The molecule has 2 N–H and O–H groups in total. The molecule has 2 bridgehead atoms. The van der Waals surface area contributed by atoms with Gasteiger partial charge >= 0.3 is 0 Å². The van der Waals surface area contributed by atoms with Gasteiger partial charge in [-0.1, -0.05) is 6.08 Å². The first-order valence-corrected chi connectivity index (χ1v) is 9.24. The van der Waals surface area contributed by atoms with Gasteiger partial charge in [0.05, 0.1) is 12.6 Å². The van der Waals surface area contributed by atoms with E-state index in [0.29, 0.717) is 6.04 Å². The zero-order chi connectivity index (χ0) is 17.4. The summed E-state index contributed by atoms with van der Waals surface area (Å²) < 4.78 is 5.40. The van der Waals surface area contributed by atoms with Gasteiger partial charge in [0.1, 0.15) is 5.75 Å². The molecule has 4 nitrogen and oxygen atoms in total. The van der Waals surface area contributed by atoms with Gasteiger partial charge in [0, 0.05) is 30.2 Å². The van der Waals surface area contributed by atoms with Crippen LogP contribution in [-0.2, 0) is 0 Å². The van der Waals surface area contributed by atoms with Crippen LogP contribution in [-0.4, -0.2) is 36.1 Å². The largest absolute Gasteiger partial charge is 0.497 e. The van der Waals surface area contributed by atoms with Crippen LogP contribution in [0.5, 0.6) is 5.75 Å². The van der Waals surface area contributed by atoms with Crippen LogP contribution < -0.4 is 10.5 Å². The van der Waals surface area contributed by atoms with Crippen molar-refractivity contribution in [3.63, 3.8) is 0 Å². The van der Waals surface area contributed by atoms with Crippen molar-refractivity contribution in [3.05, 3.63) is 48.7 Å². The highest BCUT2D eigenvalue weighted by Crippen LogP contribution is 2.42. The smallest absolute Gasteiger partial charge is 0.119 e. The summed E-state index contributed by atoms with van der Waals surface area (Å²) >= 11 is 0.